The molecule has 3 aromatic rings. The second-order valence-electron chi connectivity index (χ2n) is 5.48. The van der Waals surface area contributed by atoms with Crippen molar-refractivity contribution in [1.82, 2.24) is 9.78 Å². The lowest BCUT2D eigenvalue weighted by Gasteiger charge is -2.08. The molecule has 0 atom stereocenters. The predicted octanol–water partition coefficient (Wildman–Crippen LogP) is 3.47. The van der Waals surface area contributed by atoms with Crippen LogP contribution in [0.15, 0.2) is 54.6 Å². The fourth-order valence-electron chi connectivity index (χ4n) is 2.74. The number of hydrogen-bond donors (Lipinski definition) is 1. The third-order valence-electron chi connectivity index (χ3n) is 3.94. The Morgan fingerprint density at radius 2 is 1.65 bits per heavy atom. The fraction of sp³-hybridized carbons (Fsp3) is 0.211. The van der Waals surface area contributed by atoms with E-state index in [0.29, 0.717) is 12.5 Å². The topological polar surface area (TPSA) is 47.3 Å². The number of hydrogen-bond acceptors (Lipinski definition) is 3. The summed E-state index contributed by atoms with van der Waals surface area (Å²) >= 11 is 0. The van der Waals surface area contributed by atoms with Gasteiger partial charge in [-0.25, -0.2) is 0 Å². The monoisotopic (exact) mass is 308 g/mol. The summed E-state index contributed by atoms with van der Waals surface area (Å²) in [7, 11) is 1.92. The summed E-state index contributed by atoms with van der Waals surface area (Å²) in [6, 6.07) is 17.9. The standard InChI is InChI=1S/C19H20N2O2/c1-14-18(15-8-4-3-5-9-15)21(2)20-19(14)23-13-17-11-7-6-10-16(17)12-22/h3-11,22H,12-13H2,1-2H3. The molecule has 0 aliphatic rings. The summed E-state index contributed by atoms with van der Waals surface area (Å²) in [4.78, 5) is 0. The highest BCUT2D eigenvalue weighted by atomic mass is 16.5. The predicted molar refractivity (Wildman–Crippen MR) is 90.1 cm³/mol. The van der Waals surface area contributed by atoms with E-state index in [2.05, 4.69) is 17.2 Å². The van der Waals surface area contributed by atoms with Crippen molar-refractivity contribution in [2.24, 2.45) is 7.05 Å². The third kappa shape index (κ3) is 3.12. The van der Waals surface area contributed by atoms with Crippen LogP contribution in [-0.4, -0.2) is 14.9 Å². The van der Waals surface area contributed by atoms with Crippen molar-refractivity contribution < 1.29 is 9.84 Å². The molecule has 1 heterocycles. The number of aliphatic hydroxyl groups excluding tert-OH is 1. The van der Waals surface area contributed by atoms with Crippen LogP contribution < -0.4 is 4.74 Å². The average molecular weight is 308 g/mol. The molecule has 0 saturated carbocycles. The molecule has 0 amide bonds. The van der Waals surface area contributed by atoms with Crippen LogP contribution in [0.2, 0.25) is 0 Å². The van der Waals surface area contributed by atoms with Crippen molar-refractivity contribution in [2.45, 2.75) is 20.1 Å². The molecule has 4 nitrogen and oxygen atoms in total. The first-order chi connectivity index (χ1) is 11.2. The lowest BCUT2D eigenvalue weighted by Crippen LogP contribution is -2.01. The average Bonchev–Trinajstić information content (AvgIpc) is 2.87. The summed E-state index contributed by atoms with van der Waals surface area (Å²) in [6.45, 7) is 2.42. The quantitative estimate of drug-likeness (QED) is 0.785. The Balaban J connectivity index is 1.85. The number of benzene rings is 2. The summed E-state index contributed by atoms with van der Waals surface area (Å²) in [6.07, 6.45) is 0. The van der Waals surface area contributed by atoms with Crippen LogP contribution in [0, 0.1) is 6.92 Å². The first-order valence-corrected chi connectivity index (χ1v) is 7.60. The smallest absolute Gasteiger partial charge is 0.236 e. The normalized spacial score (nSPS) is 10.7. The first kappa shape index (κ1) is 15.3. The van der Waals surface area contributed by atoms with Crippen molar-refractivity contribution in [3.8, 4) is 17.1 Å². The minimum absolute atomic E-state index is 0.00992. The van der Waals surface area contributed by atoms with Gasteiger partial charge in [0.1, 0.15) is 6.61 Å². The molecule has 0 fully saturated rings. The van der Waals surface area contributed by atoms with Gasteiger partial charge in [0.2, 0.25) is 5.88 Å². The number of ether oxygens (including phenoxy) is 1. The van der Waals surface area contributed by atoms with Gasteiger partial charge in [-0.2, -0.15) is 0 Å². The van der Waals surface area contributed by atoms with Crippen molar-refractivity contribution in [3.63, 3.8) is 0 Å². The number of nitrogens with zero attached hydrogens (tertiary/aromatic N) is 2. The molecule has 0 aliphatic heterocycles. The second kappa shape index (κ2) is 6.67. The molecule has 1 aromatic heterocycles. The largest absolute Gasteiger partial charge is 0.472 e. The molecule has 23 heavy (non-hydrogen) atoms. The van der Waals surface area contributed by atoms with E-state index in [1.165, 1.54) is 0 Å². The van der Waals surface area contributed by atoms with Gasteiger partial charge < -0.3 is 9.84 Å². The van der Waals surface area contributed by atoms with Crippen molar-refractivity contribution in [3.05, 3.63) is 71.3 Å². The maximum Gasteiger partial charge on any atom is 0.236 e. The maximum atomic E-state index is 9.39. The van der Waals surface area contributed by atoms with Gasteiger partial charge in [-0.1, -0.05) is 54.6 Å². The number of aryl methyl sites for hydroxylation is 1. The lowest BCUT2D eigenvalue weighted by molar-refractivity contribution is 0.264. The molecule has 0 unspecified atom stereocenters. The van der Waals surface area contributed by atoms with Crippen LogP contribution in [-0.2, 0) is 20.3 Å². The number of rotatable bonds is 5. The van der Waals surface area contributed by atoms with E-state index in [1.54, 1.807) is 0 Å². The highest BCUT2D eigenvalue weighted by Gasteiger charge is 2.15. The van der Waals surface area contributed by atoms with Gasteiger partial charge in [-0.15, -0.1) is 5.10 Å². The summed E-state index contributed by atoms with van der Waals surface area (Å²) in [5.41, 5.74) is 5.03. The van der Waals surface area contributed by atoms with E-state index in [4.69, 9.17) is 4.74 Å². The number of aliphatic hydroxyl groups is 1. The zero-order chi connectivity index (χ0) is 16.2. The van der Waals surface area contributed by atoms with Gasteiger partial charge in [0.25, 0.3) is 0 Å². The fourth-order valence-corrected chi connectivity index (χ4v) is 2.74. The Labute approximate surface area is 136 Å². The Morgan fingerprint density at radius 1 is 1.00 bits per heavy atom. The summed E-state index contributed by atoms with van der Waals surface area (Å²) in [5, 5.41) is 13.9. The van der Waals surface area contributed by atoms with Gasteiger partial charge in [-0.05, 0) is 18.1 Å². The van der Waals surface area contributed by atoms with Crippen LogP contribution in [0.5, 0.6) is 5.88 Å². The van der Waals surface area contributed by atoms with Gasteiger partial charge in [-0.3, -0.25) is 4.68 Å². The highest BCUT2D eigenvalue weighted by Crippen LogP contribution is 2.29. The summed E-state index contributed by atoms with van der Waals surface area (Å²) < 4.78 is 7.75. The van der Waals surface area contributed by atoms with Gasteiger partial charge >= 0.3 is 0 Å². The molecule has 0 saturated heterocycles. The molecule has 1 N–H and O–H groups in total. The van der Waals surface area contributed by atoms with Crippen LogP contribution in [0.3, 0.4) is 0 Å². The van der Waals surface area contributed by atoms with Gasteiger partial charge in [0.15, 0.2) is 0 Å². The van der Waals surface area contributed by atoms with Crippen LogP contribution >= 0.6 is 0 Å². The van der Waals surface area contributed by atoms with E-state index in [0.717, 1.165) is 27.9 Å². The molecule has 0 aliphatic carbocycles. The minimum atomic E-state index is 0.00992. The summed E-state index contributed by atoms with van der Waals surface area (Å²) in [5.74, 6) is 0.624. The van der Waals surface area contributed by atoms with E-state index in [1.807, 2.05) is 61.1 Å². The molecule has 4 heteroatoms. The second-order valence-corrected chi connectivity index (χ2v) is 5.48. The van der Waals surface area contributed by atoms with E-state index >= 15 is 0 Å². The molecule has 3 rings (SSSR count). The molecular weight excluding hydrogens is 288 g/mol. The zero-order valence-electron chi connectivity index (χ0n) is 13.4. The SMILES string of the molecule is Cc1c(OCc2ccccc2CO)nn(C)c1-c1ccccc1. The Morgan fingerprint density at radius 3 is 2.35 bits per heavy atom. The number of aromatic nitrogens is 2. The van der Waals surface area contributed by atoms with E-state index in [-0.39, 0.29) is 6.61 Å². The highest BCUT2D eigenvalue weighted by molar-refractivity contribution is 5.65. The molecule has 2 aromatic carbocycles. The van der Waals surface area contributed by atoms with Crippen molar-refractivity contribution in [2.75, 3.05) is 0 Å². The maximum absolute atomic E-state index is 9.39. The Bertz CT molecular complexity index is 794. The van der Waals surface area contributed by atoms with Crippen LogP contribution in [0.4, 0.5) is 0 Å². The minimum Gasteiger partial charge on any atom is -0.472 e. The lowest BCUT2D eigenvalue weighted by atomic mass is 10.1. The van der Waals surface area contributed by atoms with Crippen LogP contribution in [0.25, 0.3) is 11.3 Å². The Kier molecular flexibility index (Phi) is 4.44. The van der Waals surface area contributed by atoms with Crippen LogP contribution in [0.1, 0.15) is 16.7 Å². The van der Waals surface area contributed by atoms with Crippen molar-refractivity contribution >= 4 is 0 Å². The van der Waals surface area contributed by atoms with E-state index < -0.39 is 0 Å². The zero-order valence-corrected chi connectivity index (χ0v) is 13.4. The van der Waals surface area contributed by atoms with Gasteiger partial charge in [0, 0.05) is 18.2 Å². The molecule has 118 valence electrons. The molecule has 0 spiro atoms. The third-order valence-corrected chi connectivity index (χ3v) is 3.94. The molecular formula is C19H20N2O2. The molecule has 0 radical (unpaired) electrons. The van der Waals surface area contributed by atoms with E-state index in [9.17, 15) is 5.11 Å². The Hall–Kier alpha value is -2.59. The van der Waals surface area contributed by atoms with Gasteiger partial charge in [0.05, 0.1) is 12.3 Å². The van der Waals surface area contributed by atoms with Crippen molar-refractivity contribution in [1.29, 1.82) is 0 Å². The first-order valence-electron chi connectivity index (χ1n) is 7.60. The molecule has 0 bridgehead atoms.